The van der Waals surface area contributed by atoms with Crippen molar-refractivity contribution in [2.24, 2.45) is 0 Å². The van der Waals surface area contributed by atoms with Crippen molar-refractivity contribution in [2.45, 2.75) is 34.6 Å². The summed E-state index contributed by atoms with van der Waals surface area (Å²) in [5, 5.41) is 0. The Morgan fingerprint density at radius 3 is 1.40 bits per heavy atom. The molecular formula is C15H26. The van der Waals surface area contributed by atoms with E-state index in [1.807, 2.05) is 46.8 Å². The molecule has 0 aliphatic rings. The topological polar surface area (TPSA) is 0 Å². The minimum absolute atomic E-state index is 1.05. The third-order valence-electron chi connectivity index (χ3n) is 1.38. The maximum Gasteiger partial charge on any atom is -0.0194 e. The standard InChI is InChI=1S/C11H14.2C2H6/c1-5-9-11(8-4)10(6-2)7-3;2*1-2/h5-9H,1-2,4H2,3H3;2*1-2H3/b10-7-,11-9-;;. The van der Waals surface area contributed by atoms with Crippen molar-refractivity contribution in [2.75, 3.05) is 0 Å². The predicted octanol–water partition coefficient (Wildman–Crippen LogP) is 5.47. The second-order valence-corrected chi connectivity index (χ2v) is 2.01. The Kier molecular flexibility index (Phi) is 23.8. The summed E-state index contributed by atoms with van der Waals surface area (Å²) in [6.07, 6.45) is 9.23. The van der Waals surface area contributed by atoms with Crippen LogP contribution in [0.4, 0.5) is 0 Å². The van der Waals surface area contributed by atoms with E-state index in [1.165, 1.54) is 0 Å². The molecule has 0 amide bonds. The van der Waals surface area contributed by atoms with Crippen molar-refractivity contribution < 1.29 is 0 Å². The Bertz CT molecular complexity index is 214. The molecule has 0 fully saturated rings. The molecule has 0 aliphatic heterocycles. The van der Waals surface area contributed by atoms with Crippen LogP contribution in [-0.4, -0.2) is 0 Å². The van der Waals surface area contributed by atoms with Crippen LogP contribution >= 0.6 is 0 Å². The zero-order chi connectivity index (χ0) is 12.7. The molecule has 15 heavy (non-hydrogen) atoms. The van der Waals surface area contributed by atoms with Crippen LogP contribution in [0.2, 0.25) is 0 Å². The van der Waals surface area contributed by atoms with E-state index in [4.69, 9.17) is 0 Å². The Hall–Kier alpha value is -1.30. The van der Waals surface area contributed by atoms with Crippen LogP contribution in [0.3, 0.4) is 0 Å². The third kappa shape index (κ3) is 10.6. The number of rotatable bonds is 4. The van der Waals surface area contributed by atoms with E-state index in [2.05, 4.69) is 19.7 Å². The second kappa shape index (κ2) is 18.5. The van der Waals surface area contributed by atoms with Gasteiger partial charge in [0.2, 0.25) is 0 Å². The summed E-state index contributed by atoms with van der Waals surface area (Å²) >= 11 is 0. The number of allylic oxidation sites excluding steroid dienone is 7. The fourth-order valence-corrected chi connectivity index (χ4v) is 0.811. The molecule has 0 radical (unpaired) electrons. The Labute approximate surface area is 96.4 Å². The fourth-order valence-electron chi connectivity index (χ4n) is 0.811. The van der Waals surface area contributed by atoms with Crippen molar-refractivity contribution in [1.82, 2.24) is 0 Å². The summed E-state index contributed by atoms with van der Waals surface area (Å²) < 4.78 is 0. The van der Waals surface area contributed by atoms with Crippen molar-refractivity contribution in [3.8, 4) is 0 Å². The van der Waals surface area contributed by atoms with Gasteiger partial charge in [-0.05, 0) is 18.1 Å². The van der Waals surface area contributed by atoms with Crippen LogP contribution in [0, 0.1) is 0 Å². The largest absolute Gasteiger partial charge is 0.0990 e. The Morgan fingerprint density at radius 1 is 0.800 bits per heavy atom. The predicted molar refractivity (Wildman–Crippen MR) is 75.1 cm³/mol. The summed E-state index contributed by atoms with van der Waals surface area (Å²) in [6, 6.07) is 0. The molecule has 0 N–H and O–H groups in total. The maximum atomic E-state index is 3.69. The molecule has 0 aliphatic carbocycles. The van der Waals surface area contributed by atoms with E-state index in [1.54, 1.807) is 18.2 Å². The zero-order valence-corrected chi connectivity index (χ0v) is 11.0. The van der Waals surface area contributed by atoms with E-state index in [9.17, 15) is 0 Å². The lowest BCUT2D eigenvalue weighted by molar-refractivity contribution is 1.50. The van der Waals surface area contributed by atoms with Crippen molar-refractivity contribution in [3.05, 3.63) is 61.3 Å². The summed E-state index contributed by atoms with van der Waals surface area (Å²) in [5.74, 6) is 0. The average Bonchev–Trinajstić information content (AvgIpc) is 2.34. The molecule has 0 atom stereocenters. The van der Waals surface area contributed by atoms with Gasteiger partial charge in [0.05, 0.1) is 0 Å². The van der Waals surface area contributed by atoms with E-state index in [-0.39, 0.29) is 0 Å². The first-order chi connectivity index (χ1) is 7.29. The first kappa shape index (κ1) is 19.3. The molecule has 0 rings (SSSR count). The van der Waals surface area contributed by atoms with Gasteiger partial charge < -0.3 is 0 Å². The van der Waals surface area contributed by atoms with Crippen LogP contribution < -0.4 is 0 Å². The maximum absolute atomic E-state index is 3.69. The highest BCUT2D eigenvalue weighted by Gasteiger charge is 1.91. The van der Waals surface area contributed by atoms with Crippen LogP contribution in [-0.2, 0) is 0 Å². The average molecular weight is 206 g/mol. The minimum Gasteiger partial charge on any atom is -0.0990 e. The first-order valence-corrected chi connectivity index (χ1v) is 5.54. The second-order valence-electron chi connectivity index (χ2n) is 2.01. The van der Waals surface area contributed by atoms with E-state index < -0.39 is 0 Å². The summed E-state index contributed by atoms with van der Waals surface area (Å²) in [4.78, 5) is 0. The monoisotopic (exact) mass is 206 g/mol. The van der Waals surface area contributed by atoms with Gasteiger partial charge in [0.25, 0.3) is 0 Å². The number of hydrogen-bond acceptors (Lipinski definition) is 0. The highest BCUT2D eigenvalue weighted by atomic mass is 14.0. The van der Waals surface area contributed by atoms with E-state index in [0.717, 1.165) is 11.1 Å². The Morgan fingerprint density at radius 2 is 1.20 bits per heavy atom. The zero-order valence-electron chi connectivity index (χ0n) is 11.0. The van der Waals surface area contributed by atoms with Crippen molar-refractivity contribution in [1.29, 1.82) is 0 Å². The summed E-state index contributed by atoms with van der Waals surface area (Å²) in [5.41, 5.74) is 2.14. The lowest BCUT2D eigenvalue weighted by Crippen LogP contribution is -1.79. The molecule has 0 aromatic heterocycles. The molecule has 0 aromatic carbocycles. The molecule has 0 saturated heterocycles. The quantitative estimate of drug-likeness (QED) is 0.535. The smallest absolute Gasteiger partial charge is 0.0194 e. The lowest BCUT2D eigenvalue weighted by Gasteiger charge is -1.99. The van der Waals surface area contributed by atoms with Gasteiger partial charge in [-0.3, -0.25) is 0 Å². The van der Waals surface area contributed by atoms with Gasteiger partial charge in [-0.25, -0.2) is 0 Å². The summed E-state index contributed by atoms with van der Waals surface area (Å²) in [6.45, 7) is 21.0. The first-order valence-electron chi connectivity index (χ1n) is 5.54. The Balaban J connectivity index is -0.000000318. The van der Waals surface area contributed by atoms with Crippen LogP contribution in [0.25, 0.3) is 0 Å². The van der Waals surface area contributed by atoms with Gasteiger partial charge in [-0.15, -0.1) is 0 Å². The van der Waals surface area contributed by atoms with Gasteiger partial charge in [0, 0.05) is 0 Å². The molecule has 0 nitrogen and oxygen atoms in total. The fraction of sp³-hybridized carbons (Fsp3) is 0.333. The van der Waals surface area contributed by atoms with E-state index in [0.29, 0.717) is 0 Å². The van der Waals surface area contributed by atoms with Crippen LogP contribution in [0.5, 0.6) is 0 Å². The molecule has 0 spiro atoms. The van der Waals surface area contributed by atoms with Gasteiger partial charge in [0.15, 0.2) is 0 Å². The number of hydrogen-bond donors (Lipinski definition) is 0. The van der Waals surface area contributed by atoms with Gasteiger partial charge in [-0.2, -0.15) is 0 Å². The van der Waals surface area contributed by atoms with Gasteiger partial charge in [0.1, 0.15) is 0 Å². The highest BCUT2D eigenvalue weighted by molar-refractivity contribution is 5.46. The summed E-state index contributed by atoms with van der Waals surface area (Å²) in [7, 11) is 0. The minimum atomic E-state index is 1.05. The molecule has 86 valence electrons. The molecule has 0 unspecified atom stereocenters. The van der Waals surface area contributed by atoms with E-state index >= 15 is 0 Å². The SMILES string of the molecule is C=C/C=C(C=C)\C(C=C)=C/C.CC.CC. The molecule has 0 bridgehead atoms. The lowest BCUT2D eigenvalue weighted by atomic mass is 10.1. The van der Waals surface area contributed by atoms with Crippen LogP contribution in [0.1, 0.15) is 34.6 Å². The van der Waals surface area contributed by atoms with Crippen LogP contribution in [0.15, 0.2) is 61.3 Å². The molecule has 0 saturated carbocycles. The van der Waals surface area contributed by atoms with Crippen molar-refractivity contribution >= 4 is 0 Å². The molecule has 0 heterocycles. The normalized spacial score (nSPS) is 9.93. The highest BCUT2D eigenvalue weighted by Crippen LogP contribution is 2.11. The molecule has 0 heteroatoms. The third-order valence-corrected chi connectivity index (χ3v) is 1.38. The van der Waals surface area contributed by atoms with Gasteiger partial charge in [-0.1, -0.05) is 77.8 Å². The molecular weight excluding hydrogens is 180 g/mol. The molecule has 0 aromatic rings. The van der Waals surface area contributed by atoms with Crippen molar-refractivity contribution in [3.63, 3.8) is 0 Å². The van der Waals surface area contributed by atoms with Gasteiger partial charge >= 0.3 is 0 Å².